The first-order valence-electron chi connectivity index (χ1n) is 7.47. The number of carbonyl (C=O) groups is 1. The molecule has 1 heterocycles. The number of rotatable bonds is 3. The van der Waals surface area contributed by atoms with Gasteiger partial charge in [0.05, 0.1) is 13.2 Å². The Hall–Kier alpha value is -0.650. The van der Waals surface area contributed by atoms with Crippen molar-refractivity contribution in [3.63, 3.8) is 0 Å². The third-order valence-corrected chi connectivity index (χ3v) is 4.11. The molecule has 1 unspecified atom stereocenters. The highest BCUT2D eigenvalue weighted by atomic mass is 16.5. The summed E-state index contributed by atoms with van der Waals surface area (Å²) in [5.74, 6) is 0.101. The van der Waals surface area contributed by atoms with Crippen LogP contribution in [0.1, 0.15) is 39.5 Å². The van der Waals surface area contributed by atoms with Crippen molar-refractivity contribution in [2.45, 2.75) is 63.7 Å². The second-order valence-electron chi connectivity index (χ2n) is 6.06. The van der Waals surface area contributed by atoms with Gasteiger partial charge in [0.2, 0.25) is 5.91 Å². The van der Waals surface area contributed by atoms with Crippen molar-refractivity contribution in [2.24, 2.45) is 5.73 Å². The number of nitrogens with two attached hydrogens (primary N) is 1. The summed E-state index contributed by atoms with van der Waals surface area (Å²) in [6.07, 6.45) is 4.35. The molecule has 110 valence electrons. The first-order valence-corrected chi connectivity index (χ1v) is 7.47. The topological polar surface area (TPSA) is 67.6 Å². The van der Waals surface area contributed by atoms with Gasteiger partial charge in [-0.05, 0) is 39.5 Å². The molecule has 0 radical (unpaired) electrons. The Balaban J connectivity index is 1.97. The Bertz CT molecular complexity index is 301. The van der Waals surface area contributed by atoms with Gasteiger partial charge < -0.3 is 15.8 Å². The van der Waals surface area contributed by atoms with Gasteiger partial charge in [-0.25, -0.2) is 0 Å². The second-order valence-corrected chi connectivity index (χ2v) is 6.06. The summed E-state index contributed by atoms with van der Waals surface area (Å²) < 4.78 is 5.50. The third kappa shape index (κ3) is 3.91. The molecular weight excluding hydrogens is 242 g/mol. The van der Waals surface area contributed by atoms with E-state index in [0.29, 0.717) is 18.7 Å². The average molecular weight is 269 g/mol. The van der Waals surface area contributed by atoms with Crippen molar-refractivity contribution >= 4 is 5.91 Å². The lowest BCUT2D eigenvalue weighted by atomic mass is 9.89. The summed E-state index contributed by atoms with van der Waals surface area (Å²) in [4.78, 5) is 14.6. The van der Waals surface area contributed by atoms with Gasteiger partial charge >= 0.3 is 0 Å². The lowest BCUT2D eigenvalue weighted by Crippen LogP contribution is -2.58. The quantitative estimate of drug-likeness (QED) is 0.782. The first-order chi connectivity index (χ1) is 9.08. The maximum atomic E-state index is 12.3. The minimum atomic E-state index is -0.129. The molecule has 0 bridgehead atoms. The lowest BCUT2D eigenvalue weighted by molar-refractivity contribution is -0.135. The van der Waals surface area contributed by atoms with Crippen LogP contribution in [-0.2, 0) is 9.53 Å². The number of carbonyl (C=O) groups excluding carboxylic acids is 1. The molecular formula is C14H27N3O2. The van der Waals surface area contributed by atoms with Crippen LogP contribution in [0.3, 0.4) is 0 Å². The number of hydrogen-bond donors (Lipinski definition) is 2. The molecule has 1 saturated heterocycles. The van der Waals surface area contributed by atoms with Crippen molar-refractivity contribution in [3.8, 4) is 0 Å². The minimum absolute atomic E-state index is 0.101. The largest absolute Gasteiger partial charge is 0.378 e. The van der Waals surface area contributed by atoms with Gasteiger partial charge in [-0.15, -0.1) is 0 Å². The van der Waals surface area contributed by atoms with Gasteiger partial charge in [-0.2, -0.15) is 0 Å². The number of nitrogens with one attached hydrogen (secondary N) is 1. The van der Waals surface area contributed by atoms with Crippen LogP contribution in [0.2, 0.25) is 0 Å². The molecule has 0 aromatic heterocycles. The number of morpholine rings is 1. The van der Waals surface area contributed by atoms with Gasteiger partial charge in [0, 0.05) is 24.7 Å². The molecule has 1 saturated carbocycles. The molecule has 0 aromatic rings. The predicted molar refractivity (Wildman–Crippen MR) is 74.8 cm³/mol. The van der Waals surface area contributed by atoms with E-state index in [2.05, 4.69) is 10.2 Å². The highest BCUT2D eigenvalue weighted by Gasteiger charge is 2.35. The van der Waals surface area contributed by atoms with Gasteiger partial charge in [-0.3, -0.25) is 9.69 Å². The fraction of sp³-hybridized carbons (Fsp3) is 0.929. The molecule has 2 fully saturated rings. The van der Waals surface area contributed by atoms with E-state index >= 15 is 0 Å². The molecule has 3 N–H and O–H groups in total. The number of amides is 1. The predicted octanol–water partition coefficient (Wildman–Crippen LogP) is 0.482. The van der Waals surface area contributed by atoms with Crippen LogP contribution in [-0.4, -0.2) is 54.7 Å². The van der Waals surface area contributed by atoms with E-state index in [9.17, 15) is 4.79 Å². The normalized spacial score (nSPS) is 33.4. The molecule has 1 aliphatic carbocycles. The average Bonchev–Trinajstić information content (AvgIpc) is 2.39. The van der Waals surface area contributed by atoms with Crippen LogP contribution in [0.25, 0.3) is 0 Å². The highest BCUT2D eigenvalue weighted by molar-refractivity contribution is 5.82. The van der Waals surface area contributed by atoms with Crippen molar-refractivity contribution in [3.05, 3.63) is 0 Å². The molecule has 1 amide bonds. The molecule has 2 rings (SSSR count). The zero-order valence-electron chi connectivity index (χ0n) is 12.1. The molecule has 2 aliphatic rings. The molecule has 0 aromatic carbocycles. The SMILES string of the molecule is CC(C)NC(=O)C1COCCN1C1CCC(N)CC1. The summed E-state index contributed by atoms with van der Waals surface area (Å²) in [5, 5.41) is 3.01. The first kappa shape index (κ1) is 14.8. The summed E-state index contributed by atoms with van der Waals surface area (Å²) >= 11 is 0. The zero-order chi connectivity index (χ0) is 13.8. The lowest BCUT2D eigenvalue weighted by Gasteiger charge is -2.42. The van der Waals surface area contributed by atoms with E-state index < -0.39 is 0 Å². The molecule has 1 atom stereocenters. The smallest absolute Gasteiger partial charge is 0.239 e. The van der Waals surface area contributed by atoms with Crippen LogP contribution >= 0.6 is 0 Å². The third-order valence-electron chi connectivity index (χ3n) is 4.11. The fourth-order valence-electron chi connectivity index (χ4n) is 3.09. The zero-order valence-corrected chi connectivity index (χ0v) is 12.1. The Kier molecular flexibility index (Phi) is 5.19. The van der Waals surface area contributed by atoms with Gasteiger partial charge in [-0.1, -0.05) is 0 Å². The Morgan fingerprint density at radius 2 is 2.00 bits per heavy atom. The fourth-order valence-corrected chi connectivity index (χ4v) is 3.09. The van der Waals surface area contributed by atoms with E-state index in [1.165, 1.54) is 0 Å². The number of nitrogens with zero attached hydrogens (tertiary/aromatic N) is 1. The van der Waals surface area contributed by atoms with E-state index in [1.807, 2.05) is 13.8 Å². The van der Waals surface area contributed by atoms with Gasteiger partial charge in [0.15, 0.2) is 0 Å². The van der Waals surface area contributed by atoms with Crippen LogP contribution < -0.4 is 11.1 Å². The molecule has 5 heteroatoms. The van der Waals surface area contributed by atoms with Gasteiger partial charge in [0.1, 0.15) is 6.04 Å². The van der Waals surface area contributed by atoms with Crippen LogP contribution in [0.4, 0.5) is 0 Å². The number of ether oxygens (including phenoxy) is 1. The van der Waals surface area contributed by atoms with Crippen LogP contribution in [0, 0.1) is 0 Å². The van der Waals surface area contributed by atoms with Crippen molar-refractivity contribution in [2.75, 3.05) is 19.8 Å². The Labute approximate surface area is 115 Å². The van der Waals surface area contributed by atoms with E-state index in [1.54, 1.807) is 0 Å². The monoisotopic (exact) mass is 269 g/mol. The summed E-state index contributed by atoms with van der Waals surface area (Å²) in [6.45, 7) is 6.09. The summed E-state index contributed by atoms with van der Waals surface area (Å²) in [6, 6.07) is 0.887. The second kappa shape index (κ2) is 6.68. The maximum absolute atomic E-state index is 12.3. The highest BCUT2D eigenvalue weighted by Crippen LogP contribution is 2.25. The summed E-state index contributed by atoms with van der Waals surface area (Å²) in [5.41, 5.74) is 5.96. The summed E-state index contributed by atoms with van der Waals surface area (Å²) in [7, 11) is 0. The molecule has 5 nitrogen and oxygen atoms in total. The van der Waals surface area contributed by atoms with Crippen molar-refractivity contribution < 1.29 is 9.53 Å². The molecule has 19 heavy (non-hydrogen) atoms. The molecule has 0 spiro atoms. The van der Waals surface area contributed by atoms with Crippen LogP contribution in [0.5, 0.6) is 0 Å². The standard InChI is InChI=1S/C14H27N3O2/c1-10(2)16-14(18)13-9-19-8-7-17(13)12-5-3-11(15)4-6-12/h10-13H,3-9,15H2,1-2H3,(H,16,18). The molecule has 1 aliphatic heterocycles. The maximum Gasteiger partial charge on any atom is 0.239 e. The van der Waals surface area contributed by atoms with Crippen molar-refractivity contribution in [1.29, 1.82) is 0 Å². The van der Waals surface area contributed by atoms with Crippen molar-refractivity contribution in [1.82, 2.24) is 10.2 Å². The van der Waals surface area contributed by atoms with Crippen LogP contribution in [0.15, 0.2) is 0 Å². The van der Waals surface area contributed by atoms with E-state index in [4.69, 9.17) is 10.5 Å². The Morgan fingerprint density at radius 1 is 1.32 bits per heavy atom. The number of hydrogen-bond acceptors (Lipinski definition) is 4. The van der Waals surface area contributed by atoms with Gasteiger partial charge in [0.25, 0.3) is 0 Å². The van der Waals surface area contributed by atoms with E-state index in [0.717, 1.165) is 38.8 Å². The minimum Gasteiger partial charge on any atom is -0.378 e. The van der Waals surface area contributed by atoms with E-state index in [-0.39, 0.29) is 18.0 Å². The Morgan fingerprint density at radius 3 is 2.63 bits per heavy atom.